The van der Waals surface area contributed by atoms with Crippen molar-refractivity contribution in [1.82, 2.24) is 20.4 Å². The Morgan fingerprint density at radius 3 is 2.48 bits per heavy atom. The van der Waals surface area contributed by atoms with Gasteiger partial charge in [-0.25, -0.2) is 4.79 Å². The van der Waals surface area contributed by atoms with Gasteiger partial charge in [0.1, 0.15) is 5.54 Å². The summed E-state index contributed by atoms with van der Waals surface area (Å²) in [6.45, 7) is 8.02. The second-order valence-electron chi connectivity index (χ2n) is 7.14. The molecule has 0 bridgehead atoms. The number of amides is 3. The minimum Gasteiger partial charge on any atom is -0.357 e. The van der Waals surface area contributed by atoms with E-state index in [0.29, 0.717) is 37.5 Å². The number of benzene rings is 1. The molecule has 0 radical (unpaired) electrons. The van der Waals surface area contributed by atoms with Crippen LogP contribution in [-0.4, -0.2) is 59.9 Å². The number of urea groups is 1. The van der Waals surface area contributed by atoms with Gasteiger partial charge in [0.05, 0.1) is 0 Å². The lowest BCUT2D eigenvalue weighted by molar-refractivity contribution is -0.130. The van der Waals surface area contributed by atoms with Gasteiger partial charge >= 0.3 is 6.03 Å². The molecule has 1 aromatic carbocycles. The molecule has 9 heteroatoms. The van der Waals surface area contributed by atoms with Gasteiger partial charge in [0.15, 0.2) is 5.96 Å². The summed E-state index contributed by atoms with van der Waals surface area (Å²) in [7, 11) is 1.97. The lowest BCUT2D eigenvalue weighted by atomic mass is 9.99. The SMILES string of the molecule is CCNC(=NCCCN1C(=O)NC(C)(CC)C1=O)N(C)Cc1ccc(Cl)cc1.I. The van der Waals surface area contributed by atoms with Crippen LogP contribution in [-0.2, 0) is 11.3 Å². The van der Waals surface area contributed by atoms with Crippen molar-refractivity contribution < 1.29 is 9.59 Å². The number of hydrogen-bond donors (Lipinski definition) is 2. The van der Waals surface area contributed by atoms with Gasteiger partial charge in [0.25, 0.3) is 5.91 Å². The highest BCUT2D eigenvalue weighted by molar-refractivity contribution is 14.0. The molecule has 1 heterocycles. The van der Waals surface area contributed by atoms with Crippen molar-refractivity contribution in [2.75, 3.05) is 26.7 Å². The van der Waals surface area contributed by atoms with Gasteiger partial charge in [-0.2, -0.15) is 0 Å². The van der Waals surface area contributed by atoms with Crippen molar-refractivity contribution in [3.8, 4) is 0 Å². The van der Waals surface area contributed by atoms with Crippen LogP contribution in [0.15, 0.2) is 29.3 Å². The van der Waals surface area contributed by atoms with E-state index >= 15 is 0 Å². The fourth-order valence-electron chi connectivity index (χ4n) is 3.01. The van der Waals surface area contributed by atoms with Gasteiger partial charge in [-0.05, 0) is 44.4 Å². The first-order valence-corrected chi connectivity index (χ1v) is 10.1. The number of halogens is 2. The first kappa shape index (κ1) is 25.5. The Labute approximate surface area is 195 Å². The summed E-state index contributed by atoms with van der Waals surface area (Å²) in [6.07, 6.45) is 1.19. The highest BCUT2D eigenvalue weighted by Crippen LogP contribution is 2.20. The zero-order chi connectivity index (χ0) is 20.7. The normalized spacial score (nSPS) is 19.1. The summed E-state index contributed by atoms with van der Waals surface area (Å²) >= 11 is 5.94. The van der Waals surface area contributed by atoms with E-state index in [1.807, 2.05) is 50.1 Å². The molecule has 1 atom stereocenters. The van der Waals surface area contributed by atoms with E-state index in [1.54, 1.807) is 6.92 Å². The predicted molar refractivity (Wildman–Crippen MR) is 128 cm³/mol. The number of hydrogen-bond acceptors (Lipinski definition) is 3. The molecule has 0 aromatic heterocycles. The highest BCUT2D eigenvalue weighted by atomic mass is 127. The smallest absolute Gasteiger partial charge is 0.325 e. The molecule has 7 nitrogen and oxygen atoms in total. The number of carbonyl (C=O) groups is 2. The molecule has 1 aliphatic heterocycles. The summed E-state index contributed by atoms with van der Waals surface area (Å²) in [5.74, 6) is 0.629. The van der Waals surface area contributed by atoms with E-state index < -0.39 is 5.54 Å². The molecule has 162 valence electrons. The van der Waals surface area contributed by atoms with Gasteiger partial charge in [0, 0.05) is 38.2 Å². The summed E-state index contributed by atoms with van der Waals surface area (Å²) in [6, 6.07) is 7.41. The van der Waals surface area contributed by atoms with E-state index in [1.165, 1.54) is 4.90 Å². The molecule has 2 rings (SSSR count). The Hall–Kier alpha value is -1.55. The van der Waals surface area contributed by atoms with Crippen LogP contribution in [0.3, 0.4) is 0 Å². The topological polar surface area (TPSA) is 77.0 Å². The van der Waals surface area contributed by atoms with Gasteiger partial charge in [0.2, 0.25) is 0 Å². The maximum Gasteiger partial charge on any atom is 0.325 e. The van der Waals surface area contributed by atoms with Crippen molar-refractivity contribution in [3.63, 3.8) is 0 Å². The molecule has 1 fully saturated rings. The van der Waals surface area contributed by atoms with Crippen LogP contribution < -0.4 is 10.6 Å². The third kappa shape index (κ3) is 6.74. The van der Waals surface area contributed by atoms with E-state index in [2.05, 4.69) is 15.6 Å². The van der Waals surface area contributed by atoms with Crippen molar-refractivity contribution in [2.24, 2.45) is 4.99 Å². The van der Waals surface area contributed by atoms with Crippen molar-refractivity contribution in [3.05, 3.63) is 34.9 Å². The third-order valence-corrected chi connectivity index (χ3v) is 5.14. The summed E-state index contributed by atoms with van der Waals surface area (Å²) in [5.41, 5.74) is 0.351. The minimum atomic E-state index is -0.784. The largest absolute Gasteiger partial charge is 0.357 e. The number of aliphatic imine (C=N–C) groups is 1. The Balaban J connectivity index is 0.00000420. The molecule has 0 spiro atoms. The van der Waals surface area contributed by atoms with E-state index in [-0.39, 0.29) is 35.9 Å². The van der Waals surface area contributed by atoms with Crippen LogP contribution in [0, 0.1) is 0 Å². The van der Waals surface area contributed by atoms with E-state index in [4.69, 9.17) is 11.6 Å². The number of carbonyl (C=O) groups excluding carboxylic acids is 2. The molecule has 1 aromatic rings. The van der Waals surface area contributed by atoms with Crippen molar-refractivity contribution in [1.29, 1.82) is 0 Å². The van der Waals surface area contributed by atoms with Gasteiger partial charge in [-0.1, -0.05) is 30.7 Å². The molecule has 0 aliphatic carbocycles. The number of nitrogens with zero attached hydrogens (tertiary/aromatic N) is 3. The number of guanidine groups is 1. The Kier molecular flexibility index (Phi) is 10.2. The van der Waals surface area contributed by atoms with Crippen LogP contribution in [0.5, 0.6) is 0 Å². The van der Waals surface area contributed by atoms with E-state index in [0.717, 1.165) is 18.1 Å². The lowest BCUT2D eigenvalue weighted by Crippen LogP contribution is -2.43. The first-order valence-electron chi connectivity index (χ1n) is 9.68. The zero-order valence-electron chi connectivity index (χ0n) is 17.5. The monoisotopic (exact) mass is 535 g/mol. The quantitative estimate of drug-likeness (QED) is 0.176. The fraction of sp³-hybridized carbons (Fsp3) is 0.550. The molecule has 1 saturated heterocycles. The maximum absolute atomic E-state index is 12.4. The molecule has 29 heavy (non-hydrogen) atoms. The Morgan fingerprint density at radius 1 is 1.28 bits per heavy atom. The van der Waals surface area contributed by atoms with Crippen LogP contribution >= 0.6 is 35.6 Å². The molecular formula is C20H31ClIN5O2. The number of imide groups is 1. The minimum absolute atomic E-state index is 0. The first-order chi connectivity index (χ1) is 13.3. The van der Waals surface area contributed by atoms with Crippen molar-refractivity contribution in [2.45, 2.75) is 45.7 Å². The summed E-state index contributed by atoms with van der Waals surface area (Å²) in [4.78, 5) is 32.4. The third-order valence-electron chi connectivity index (χ3n) is 4.88. The van der Waals surface area contributed by atoms with Gasteiger partial charge in [-0.3, -0.25) is 14.7 Å². The Bertz CT molecular complexity index is 728. The molecule has 1 unspecified atom stereocenters. The van der Waals surface area contributed by atoms with E-state index in [9.17, 15) is 9.59 Å². The Morgan fingerprint density at radius 2 is 1.93 bits per heavy atom. The second-order valence-corrected chi connectivity index (χ2v) is 7.58. The van der Waals surface area contributed by atoms with Crippen LogP contribution in [0.2, 0.25) is 5.02 Å². The zero-order valence-corrected chi connectivity index (χ0v) is 20.6. The number of nitrogens with one attached hydrogen (secondary N) is 2. The molecule has 0 saturated carbocycles. The molecular weight excluding hydrogens is 505 g/mol. The lowest BCUT2D eigenvalue weighted by Gasteiger charge is -2.22. The molecule has 1 aliphatic rings. The fourth-order valence-corrected chi connectivity index (χ4v) is 3.14. The van der Waals surface area contributed by atoms with Crippen LogP contribution in [0.1, 0.15) is 39.2 Å². The van der Waals surface area contributed by atoms with Crippen LogP contribution in [0.25, 0.3) is 0 Å². The van der Waals surface area contributed by atoms with Gasteiger partial charge in [-0.15, -0.1) is 24.0 Å². The summed E-state index contributed by atoms with van der Waals surface area (Å²) in [5, 5.41) is 6.76. The average Bonchev–Trinajstić information content (AvgIpc) is 2.89. The summed E-state index contributed by atoms with van der Waals surface area (Å²) < 4.78 is 0. The predicted octanol–water partition coefficient (Wildman–Crippen LogP) is 3.47. The second kappa shape index (κ2) is 11.6. The highest BCUT2D eigenvalue weighted by Gasteiger charge is 2.45. The van der Waals surface area contributed by atoms with Crippen molar-refractivity contribution >= 4 is 53.5 Å². The maximum atomic E-state index is 12.4. The average molecular weight is 536 g/mol. The standard InChI is InChI=1S/C20H30ClN5O2.HI/c1-5-20(3)17(27)26(19(28)24-20)13-7-12-23-18(22-6-2)25(4)14-15-8-10-16(21)11-9-15;/h8-11H,5-7,12-14H2,1-4H3,(H,22,23)(H,24,28);1H. The van der Waals surface area contributed by atoms with Gasteiger partial charge < -0.3 is 15.5 Å². The molecule has 2 N–H and O–H groups in total. The number of rotatable bonds is 8. The van der Waals surface area contributed by atoms with Crippen LogP contribution in [0.4, 0.5) is 4.79 Å². The molecule has 3 amide bonds.